The Morgan fingerprint density at radius 1 is 1.30 bits per heavy atom. The van der Waals surface area contributed by atoms with Crippen molar-refractivity contribution in [2.75, 3.05) is 12.4 Å². The topological polar surface area (TPSA) is 59.6 Å². The van der Waals surface area contributed by atoms with E-state index in [2.05, 4.69) is 34.6 Å². The molecule has 5 heteroatoms. The lowest BCUT2D eigenvalue weighted by atomic mass is 10.1. The minimum Gasteiger partial charge on any atom is -0.495 e. The summed E-state index contributed by atoms with van der Waals surface area (Å²) in [5.41, 5.74) is 8.14. The quantitative estimate of drug-likeness (QED) is 0.649. The summed E-state index contributed by atoms with van der Waals surface area (Å²) in [6, 6.07) is 16.2. The summed E-state index contributed by atoms with van der Waals surface area (Å²) in [5, 5.41) is 3.62. The van der Waals surface area contributed by atoms with Gasteiger partial charge in [0.2, 0.25) is 0 Å². The summed E-state index contributed by atoms with van der Waals surface area (Å²) in [6.07, 6.45) is 2.14. The van der Waals surface area contributed by atoms with Crippen LogP contribution in [0.5, 0.6) is 5.75 Å². The number of ether oxygens (including phenoxy) is 1. The molecule has 3 N–H and O–H groups in total. The second-order valence-corrected chi connectivity index (χ2v) is 6.15. The van der Waals surface area contributed by atoms with Gasteiger partial charge in [0, 0.05) is 5.69 Å². The van der Waals surface area contributed by atoms with E-state index in [-0.39, 0.29) is 0 Å². The highest BCUT2D eigenvalue weighted by atomic mass is 35.5. The van der Waals surface area contributed by atoms with Gasteiger partial charge < -0.3 is 15.8 Å². The molecular weight excluding hydrogens is 310 g/mol. The second kappa shape index (κ2) is 6.92. The van der Waals surface area contributed by atoms with Crippen LogP contribution >= 0.6 is 11.6 Å². The number of nitrogens with zero attached hydrogens (tertiary/aromatic N) is 1. The minimum absolute atomic E-state index is 0.302. The Morgan fingerprint density at radius 2 is 2.09 bits per heavy atom. The minimum atomic E-state index is 0.302. The molecule has 1 aliphatic carbocycles. The fraction of sp³-hybridized carbons (Fsp3) is 0.278. The van der Waals surface area contributed by atoms with Crippen molar-refractivity contribution in [3.63, 3.8) is 0 Å². The number of guanidine groups is 1. The van der Waals surface area contributed by atoms with E-state index in [1.807, 2.05) is 12.1 Å². The van der Waals surface area contributed by atoms with Crippen LogP contribution in [-0.2, 0) is 6.42 Å². The Balaban J connectivity index is 1.56. The predicted octanol–water partition coefficient (Wildman–Crippen LogP) is 3.71. The van der Waals surface area contributed by atoms with Gasteiger partial charge in [-0.25, -0.2) is 4.99 Å². The molecule has 0 aromatic heterocycles. The molecule has 0 radical (unpaired) electrons. The van der Waals surface area contributed by atoms with Crippen molar-refractivity contribution in [1.29, 1.82) is 0 Å². The predicted molar refractivity (Wildman–Crippen MR) is 95.3 cm³/mol. The van der Waals surface area contributed by atoms with E-state index in [1.54, 1.807) is 19.2 Å². The standard InChI is InChI=1S/C18H20ClN3O/c1-23-17-8-7-14(11-15(17)19)21-18(20)22-16-10-13(16)9-12-5-3-2-4-6-12/h2-8,11,13,16H,9-10H2,1H3,(H3,20,21,22). The lowest BCUT2D eigenvalue weighted by molar-refractivity contribution is 0.415. The first kappa shape index (κ1) is 15.7. The van der Waals surface area contributed by atoms with Crippen LogP contribution in [0.3, 0.4) is 0 Å². The molecule has 2 aromatic rings. The van der Waals surface area contributed by atoms with Gasteiger partial charge >= 0.3 is 0 Å². The van der Waals surface area contributed by atoms with E-state index in [1.165, 1.54) is 5.56 Å². The molecule has 2 atom stereocenters. The molecule has 1 aliphatic rings. The number of nitrogens with one attached hydrogen (secondary N) is 1. The van der Waals surface area contributed by atoms with E-state index in [0.29, 0.717) is 28.7 Å². The fourth-order valence-corrected chi connectivity index (χ4v) is 2.89. The second-order valence-electron chi connectivity index (χ2n) is 5.74. The van der Waals surface area contributed by atoms with Crippen LogP contribution < -0.4 is 15.8 Å². The molecule has 3 rings (SSSR count). The molecule has 0 aliphatic heterocycles. The zero-order valence-electron chi connectivity index (χ0n) is 13.0. The molecule has 0 heterocycles. The smallest absolute Gasteiger partial charge is 0.193 e. The van der Waals surface area contributed by atoms with E-state index in [0.717, 1.165) is 18.5 Å². The van der Waals surface area contributed by atoms with Crippen LogP contribution in [0.4, 0.5) is 5.69 Å². The summed E-state index contributed by atoms with van der Waals surface area (Å²) in [5.74, 6) is 1.64. The maximum Gasteiger partial charge on any atom is 0.193 e. The number of benzene rings is 2. The first-order valence-corrected chi connectivity index (χ1v) is 8.01. The van der Waals surface area contributed by atoms with Crippen molar-refractivity contribution in [3.8, 4) is 5.75 Å². The van der Waals surface area contributed by atoms with Gasteiger partial charge in [0.25, 0.3) is 0 Å². The first-order valence-electron chi connectivity index (χ1n) is 7.63. The summed E-state index contributed by atoms with van der Waals surface area (Å²) in [6.45, 7) is 0. The molecular formula is C18H20ClN3O. The van der Waals surface area contributed by atoms with Gasteiger partial charge in [-0.15, -0.1) is 0 Å². The number of rotatable bonds is 5. The van der Waals surface area contributed by atoms with Crippen LogP contribution in [0, 0.1) is 5.92 Å². The van der Waals surface area contributed by atoms with E-state index in [4.69, 9.17) is 22.1 Å². The SMILES string of the molecule is COc1ccc(NC(N)=NC2CC2Cc2ccccc2)cc1Cl. The van der Waals surface area contributed by atoms with Crippen molar-refractivity contribution < 1.29 is 4.74 Å². The van der Waals surface area contributed by atoms with Gasteiger partial charge in [-0.05, 0) is 42.5 Å². The van der Waals surface area contributed by atoms with Crippen molar-refractivity contribution in [2.24, 2.45) is 16.6 Å². The third-order valence-corrected chi connectivity index (χ3v) is 4.25. The number of anilines is 1. The monoisotopic (exact) mass is 329 g/mol. The van der Waals surface area contributed by atoms with Crippen molar-refractivity contribution in [1.82, 2.24) is 0 Å². The molecule has 23 heavy (non-hydrogen) atoms. The van der Waals surface area contributed by atoms with E-state index < -0.39 is 0 Å². The van der Waals surface area contributed by atoms with Crippen LogP contribution in [0.15, 0.2) is 53.5 Å². The van der Waals surface area contributed by atoms with E-state index >= 15 is 0 Å². The third kappa shape index (κ3) is 4.17. The Kier molecular flexibility index (Phi) is 4.72. The van der Waals surface area contributed by atoms with Gasteiger partial charge in [-0.2, -0.15) is 0 Å². The maximum atomic E-state index is 6.10. The van der Waals surface area contributed by atoms with Crippen LogP contribution in [0.2, 0.25) is 5.02 Å². The third-order valence-electron chi connectivity index (χ3n) is 3.96. The van der Waals surface area contributed by atoms with Crippen molar-refractivity contribution in [3.05, 3.63) is 59.1 Å². The molecule has 0 saturated heterocycles. The molecule has 1 saturated carbocycles. The average Bonchev–Trinajstić information content (AvgIpc) is 3.25. The molecule has 2 unspecified atom stereocenters. The van der Waals surface area contributed by atoms with Gasteiger partial charge in [0.15, 0.2) is 5.96 Å². The summed E-state index contributed by atoms with van der Waals surface area (Å²) < 4.78 is 5.13. The first-order chi connectivity index (χ1) is 11.2. The van der Waals surface area contributed by atoms with Crippen LogP contribution in [0.25, 0.3) is 0 Å². The number of halogens is 1. The molecule has 4 nitrogen and oxygen atoms in total. The summed E-state index contributed by atoms with van der Waals surface area (Å²) in [4.78, 5) is 4.54. The largest absolute Gasteiger partial charge is 0.495 e. The number of hydrogen-bond donors (Lipinski definition) is 2. The fourth-order valence-electron chi connectivity index (χ4n) is 2.63. The maximum absolute atomic E-state index is 6.10. The summed E-state index contributed by atoms with van der Waals surface area (Å²) >= 11 is 6.10. The van der Waals surface area contributed by atoms with Crippen LogP contribution in [-0.4, -0.2) is 19.1 Å². The van der Waals surface area contributed by atoms with Gasteiger partial charge in [-0.1, -0.05) is 41.9 Å². The van der Waals surface area contributed by atoms with Gasteiger partial charge in [0.1, 0.15) is 5.75 Å². The zero-order chi connectivity index (χ0) is 16.2. The van der Waals surface area contributed by atoms with Crippen molar-refractivity contribution in [2.45, 2.75) is 18.9 Å². The average molecular weight is 330 g/mol. The van der Waals surface area contributed by atoms with Crippen LogP contribution in [0.1, 0.15) is 12.0 Å². The number of hydrogen-bond acceptors (Lipinski definition) is 2. The normalized spacial score (nSPS) is 20.2. The zero-order valence-corrected chi connectivity index (χ0v) is 13.8. The Bertz CT molecular complexity index is 703. The van der Waals surface area contributed by atoms with Gasteiger partial charge in [-0.3, -0.25) is 0 Å². The molecule has 0 amide bonds. The lowest BCUT2D eigenvalue weighted by Crippen LogP contribution is -2.23. The van der Waals surface area contributed by atoms with Gasteiger partial charge in [0.05, 0.1) is 18.2 Å². The molecule has 2 aromatic carbocycles. The number of methoxy groups -OCH3 is 1. The highest BCUT2D eigenvalue weighted by Crippen LogP contribution is 2.37. The van der Waals surface area contributed by atoms with Crippen molar-refractivity contribution >= 4 is 23.2 Å². The Morgan fingerprint density at radius 3 is 2.78 bits per heavy atom. The Hall–Kier alpha value is -2.20. The highest BCUT2D eigenvalue weighted by Gasteiger charge is 2.37. The number of nitrogens with two attached hydrogens (primary N) is 1. The molecule has 120 valence electrons. The lowest BCUT2D eigenvalue weighted by Gasteiger charge is -2.08. The summed E-state index contributed by atoms with van der Waals surface area (Å²) in [7, 11) is 1.59. The Labute approximate surface area is 141 Å². The molecule has 1 fully saturated rings. The van der Waals surface area contributed by atoms with E-state index in [9.17, 15) is 0 Å². The molecule has 0 spiro atoms. The number of aliphatic imine (C=N–C) groups is 1. The molecule has 0 bridgehead atoms. The highest BCUT2D eigenvalue weighted by molar-refractivity contribution is 6.32.